The average molecular weight is 295 g/mol. The fraction of sp³-hybridized carbons (Fsp3) is 0.476. The Balaban J connectivity index is 2.20. The van der Waals surface area contributed by atoms with Crippen molar-refractivity contribution in [1.82, 2.24) is 0 Å². The average Bonchev–Trinajstić information content (AvgIpc) is 2.50. The molecular formula is C21H29N. The predicted molar refractivity (Wildman–Crippen MR) is 98.1 cm³/mol. The van der Waals surface area contributed by atoms with Crippen molar-refractivity contribution < 1.29 is 0 Å². The third kappa shape index (κ3) is 4.69. The molecule has 0 N–H and O–H groups in total. The maximum atomic E-state index is 4.73. The number of aliphatic imine (C=N–C) groups is 1. The highest BCUT2D eigenvalue weighted by molar-refractivity contribution is 6.02. The number of rotatable bonds is 3. The van der Waals surface area contributed by atoms with Crippen LogP contribution in [0.3, 0.4) is 0 Å². The smallest absolute Gasteiger partial charge is 0.0473 e. The summed E-state index contributed by atoms with van der Waals surface area (Å²) in [4.78, 5) is 4.73. The first-order valence-corrected chi connectivity index (χ1v) is 8.57. The van der Waals surface area contributed by atoms with Gasteiger partial charge in [0.05, 0.1) is 0 Å². The molecule has 1 heterocycles. The summed E-state index contributed by atoms with van der Waals surface area (Å²) in [6, 6.07) is 0. The Hall–Kier alpha value is -1.63. The van der Waals surface area contributed by atoms with Crippen LogP contribution in [0, 0.1) is 11.8 Å². The second kappa shape index (κ2) is 8.12. The minimum absolute atomic E-state index is 0.613. The zero-order chi connectivity index (χ0) is 15.9. The molecule has 0 radical (unpaired) electrons. The number of nitrogens with zero attached hydrogens (tertiary/aromatic N) is 1. The second-order valence-corrected chi connectivity index (χ2v) is 6.58. The van der Waals surface area contributed by atoms with E-state index in [1.165, 1.54) is 28.9 Å². The van der Waals surface area contributed by atoms with Crippen LogP contribution in [0.4, 0.5) is 0 Å². The molecular weight excluding hydrogens is 266 g/mol. The minimum atomic E-state index is 0.613. The summed E-state index contributed by atoms with van der Waals surface area (Å²) in [5.41, 5.74) is 5.44. The van der Waals surface area contributed by atoms with Crippen molar-refractivity contribution in [1.29, 1.82) is 0 Å². The molecule has 0 aromatic rings. The molecule has 0 aromatic carbocycles. The van der Waals surface area contributed by atoms with Gasteiger partial charge in [0.15, 0.2) is 0 Å². The molecule has 1 aliphatic carbocycles. The number of allylic oxidation sites excluding steroid dienone is 9. The van der Waals surface area contributed by atoms with Gasteiger partial charge in [0, 0.05) is 18.3 Å². The van der Waals surface area contributed by atoms with Gasteiger partial charge < -0.3 is 0 Å². The molecule has 0 saturated carbocycles. The minimum Gasteiger partial charge on any atom is -0.261 e. The summed E-state index contributed by atoms with van der Waals surface area (Å²) >= 11 is 0. The van der Waals surface area contributed by atoms with Gasteiger partial charge in [-0.3, -0.25) is 4.99 Å². The van der Waals surface area contributed by atoms with Gasteiger partial charge in [0.25, 0.3) is 0 Å². The van der Waals surface area contributed by atoms with Crippen LogP contribution in [0.25, 0.3) is 0 Å². The van der Waals surface area contributed by atoms with E-state index in [0.29, 0.717) is 11.8 Å². The summed E-state index contributed by atoms with van der Waals surface area (Å²) < 4.78 is 0. The van der Waals surface area contributed by atoms with Gasteiger partial charge in [-0.15, -0.1) is 0 Å². The standard InChI is InChI=1S/C21H29N/c1-5-18(4)19-9-6-7-12-22-21(11-8-10-19)20-14-16(2)13-17(3)15-20/h7-10,12-14,17-18H,5-6,11,15H2,1-4H3/b10-8-,12-7-,19-9+,22-21+. The highest BCUT2D eigenvalue weighted by Gasteiger charge is 2.14. The molecule has 1 nitrogen and oxygen atoms in total. The maximum absolute atomic E-state index is 4.73. The lowest BCUT2D eigenvalue weighted by molar-refractivity contribution is 0.667. The quantitative estimate of drug-likeness (QED) is 0.590. The van der Waals surface area contributed by atoms with Crippen molar-refractivity contribution in [3.05, 3.63) is 59.4 Å². The topological polar surface area (TPSA) is 12.4 Å². The highest BCUT2D eigenvalue weighted by atomic mass is 14.7. The van der Waals surface area contributed by atoms with E-state index in [1.807, 2.05) is 6.20 Å². The van der Waals surface area contributed by atoms with Gasteiger partial charge in [-0.05, 0) is 49.2 Å². The van der Waals surface area contributed by atoms with Crippen LogP contribution in [0.15, 0.2) is 64.4 Å². The molecule has 2 atom stereocenters. The Morgan fingerprint density at radius 2 is 2.14 bits per heavy atom. The fourth-order valence-electron chi connectivity index (χ4n) is 3.09. The van der Waals surface area contributed by atoms with Crippen molar-refractivity contribution >= 4 is 5.71 Å². The zero-order valence-corrected chi connectivity index (χ0v) is 14.5. The first kappa shape index (κ1) is 16.7. The lowest BCUT2D eigenvalue weighted by Crippen LogP contribution is -2.09. The van der Waals surface area contributed by atoms with E-state index in [4.69, 9.17) is 4.99 Å². The predicted octanol–water partition coefficient (Wildman–Crippen LogP) is 6.18. The molecule has 2 rings (SSSR count). The third-order valence-corrected chi connectivity index (χ3v) is 4.49. The van der Waals surface area contributed by atoms with E-state index in [0.717, 1.165) is 19.3 Å². The van der Waals surface area contributed by atoms with Crippen LogP contribution in [0.5, 0.6) is 0 Å². The van der Waals surface area contributed by atoms with Crippen LogP contribution in [-0.4, -0.2) is 5.71 Å². The van der Waals surface area contributed by atoms with Crippen molar-refractivity contribution in [2.24, 2.45) is 16.8 Å². The lowest BCUT2D eigenvalue weighted by Gasteiger charge is -2.18. The van der Waals surface area contributed by atoms with Gasteiger partial charge in [0.1, 0.15) is 0 Å². The Labute approximate surface area is 135 Å². The lowest BCUT2D eigenvalue weighted by atomic mass is 9.88. The van der Waals surface area contributed by atoms with Crippen molar-refractivity contribution in [2.75, 3.05) is 0 Å². The van der Waals surface area contributed by atoms with E-state index < -0.39 is 0 Å². The Kier molecular flexibility index (Phi) is 6.18. The molecule has 0 saturated heterocycles. The summed E-state index contributed by atoms with van der Waals surface area (Å²) in [6.07, 6.45) is 19.9. The van der Waals surface area contributed by atoms with E-state index in [1.54, 1.807) is 0 Å². The fourth-order valence-corrected chi connectivity index (χ4v) is 3.09. The van der Waals surface area contributed by atoms with Crippen LogP contribution >= 0.6 is 0 Å². The molecule has 1 aliphatic heterocycles. The van der Waals surface area contributed by atoms with Gasteiger partial charge >= 0.3 is 0 Å². The molecule has 2 aliphatic rings. The second-order valence-electron chi connectivity index (χ2n) is 6.58. The zero-order valence-electron chi connectivity index (χ0n) is 14.5. The molecule has 0 fully saturated rings. The monoisotopic (exact) mass is 295 g/mol. The maximum Gasteiger partial charge on any atom is 0.0473 e. The van der Waals surface area contributed by atoms with E-state index in [2.05, 4.69) is 64.2 Å². The summed E-state index contributed by atoms with van der Waals surface area (Å²) in [6.45, 7) is 9.03. The van der Waals surface area contributed by atoms with Crippen LogP contribution in [-0.2, 0) is 0 Å². The summed E-state index contributed by atoms with van der Waals surface area (Å²) in [5.74, 6) is 1.24. The molecule has 0 aromatic heterocycles. The van der Waals surface area contributed by atoms with E-state index >= 15 is 0 Å². The largest absolute Gasteiger partial charge is 0.261 e. The van der Waals surface area contributed by atoms with Gasteiger partial charge in [-0.25, -0.2) is 0 Å². The van der Waals surface area contributed by atoms with Crippen molar-refractivity contribution in [2.45, 2.75) is 53.4 Å². The van der Waals surface area contributed by atoms with Gasteiger partial charge in [0.2, 0.25) is 0 Å². The molecule has 0 spiro atoms. The first-order chi connectivity index (χ1) is 10.6. The van der Waals surface area contributed by atoms with Crippen LogP contribution in [0.1, 0.15) is 53.4 Å². The SMILES string of the molecule is CCC(C)C1=C/C/C=C\N=C(\C2=CC(C)=CC(C)C2)C/C=C\1. The highest BCUT2D eigenvalue weighted by Crippen LogP contribution is 2.25. The first-order valence-electron chi connectivity index (χ1n) is 8.57. The molecule has 0 amide bonds. The molecule has 1 heteroatoms. The van der Waals surface area contributed by atoms with E-state index in [9.17, 15) is 0 Å². The molecule has 22 heavy (non-hydrogen) atoms. The summed E-state index contributed by atoms with van der Waals surface area (Å²) in [5, 5.41) is 0. The third-order valence-electron chi connectivity index (χ3n) is 4.49. The number of hydrogen-bond donors (Lipinski definition) is 0. The Morgan fingerprint density at radius 3 is 2.86 bits per heavy atom. The Bertz CT molecular complexity index is 567. The van der Waals surface area contributed by atoms with Crippen LogP contribution < -0.4 is 0 Å². The summed E-state index contributed by atoms with van der Waals surface area (Å²) in [7, 11) is 0. The van der Waals surface area contributed by atoms with Crippen molar-refractivity contribution in [3.63, 3.8) is 0 Å². The van der Waals surface area contributed by atoms with Crippen LogP contribution in [0.2, 0.25) is 0 Å². The van der Waals surface area contributed by atoms with Crippen molar-refractivity contribution in [3.8, 4) is 0 Å². The Morgan fingerprint density at radius 1 is 1.32 bits per heavy atom. The normalized spacial score (nSPS) is 31.7. The molecule has 2 unspecified atom stereocenters. The van der Waals surface area contributed by atoms with Gasteiger partial charge in [-0.1, -0.05) is 62.8 Å². The number of hydrogen-bond acceptors (Lipinski definition) is 1. The molecule has 118 valence electrons. The van der Waals surface area contributed by atoms with Gasteiger partial charge in [-0.2, -0.15) is 0 Å². The molecule has 0 bridgehead atoms. The van der Waals surface area contributed by atoms with E-state index in [-0.39, 0.29) is 0 Å².